The van der Waals surface area contributed by atoms with Crippen LogP contribution in [0.25, 0.3) is 10.4 Å². The summed E-state index contributed by atoms with van der Waals surface area (Å²) in [7, 11) is 0. The second kappa shape index (κ2) is 15.0. The highest BCUT2D eigenvalue weighted by molar-refractivity contribution is 7.13. The molecule has 0 aliphatic carbocycles. The third-order valence-electron chi connectivity index (χ3n) is 8.30. The molecule has 4 atom stereocenters. The van der Waals surface area contributed by atoms with E-state index in [9.17, 15) is 24.3 Å². The number of carbonyl (C=O) groups is 4. The van der Waals surface area contributed by atoms with Gasteiger partial charge in [-0.2, -0.15) is 0 Å². The van der Waals surface area contributed by atoms with Gasteiger partial charge in [0.05, 0.1) is 34.6 Å². The summed E-state index contributed by atoms with van der Waals surface area (Å²) >= 11 is 1.58. The standard InChI is InChI=1S/C35H44N4O6S/c1-21(25-13-15-26(16-14-25)31-22(2)36-20-46-31)37-33(44)28-18-27(40)19-39(28)34(45)32(35(3,4)5)38-29(41)17-24-11-9-23(10-12-24)7-6-8-30(42)43/h9-16,20-21,27-28,32,40H,6-8,17-19H2,1-5H3,(H,37,44)(H,38,41)(H,42,43)/t21-,27+,28-,32+/m0/s1. The quantitative estimate of drug-likeness (QED) is 0.227. The van der Waals surface area contributed by atoms with Crippen LogP contribution < -0.4 is 10.6 Å². The molecule has 0 saturated carbocycles. The topological polar surface area (TPSA) is 149 Å². The SMILES string of the molecule is Cc1ncsc1-c1ccc([C@H](C)NC(=O)[C@@H]2C[C@@H](O)CN2C(=O)[C@@H](NC(=O)Cc2ccc(CCCC(=O)O)cc2)C(C)(C)C)cc1. The molecule has 11 heteroatoms. The number of carboxylic acid groups (broad SMARTS) is 1. The molecule has 4 N–H and O–H groups in total. The van der Waals surface area contributed by atoms with Crippen molar-refractivity contribution in [1.29, 1.82) is 0 Å². The zero-order valence-electron chi connectivity index (χ0n) is 27.1. The molecule has 0 unspecified atom stereocenters. The van der Waals surface area contributed by atoms with E-state index in [1.54, 1.807) is 11.3 Å². The van der Waals surface area contributed by atoms with E-state index < -0.39 is 35.5 Å². The number of aliphatic hydroxyl groups excluding tert-OH is 1. The molecule has 2 heterocycles. The first-order valence-corrected chi connectivity index (χ1v) is 16.5. The lowest BCUT2D eigenvalue weighted by Gasteiger charge is -2.35. The van der Waals surface area contributed by atoms with Crippen molar-refractivity contribution in [3.63, 3.8) is 0 Å². The summed E-state index contributed by atoms with van der Waals surface area (Å²) in [6.45, 7) is 9.40. The summed E-state index contributed by atoms with van der Waals surface area (Å²) in [6.07, 6.45) is 0.576. The molecular weight excluding hydrogens is 604 g/mol. The summed E-state index contributed by atoms with van der Waals surface area (Å²) in [5.41, 5.74) is 5.82. The first kappa shape index (κ1) is 34.8. The van der Waals surface area contributed by atoms with E-state index >= 15 is 0 Å². The number of carbonyl (C=O) groups excluding carboxylic acids is 3. The Morgan fingerprint density at radius 2 is 1.67 bits per heavy atom. The molecule has 246 valence electrons. The molecule has 1 aromatic heterocycles. The number of benzene rings is 2. The minimum atomic E-state index is -0.920. The van der Waals surface area contributed by atoms with Crippen LogP contribution in [0.1, 0.15) is 75.4 Å². The van der Waals surface area contributed by atoms with Gasteiger partial charge in [0.15, 0.2) is 0 Å². The Morgan fingerprint density at radius 1 is 1.02 bits per heavy atom. The Balaban J connectivity index is 1.39. The predicted octanol–water partition coefficient (Wildman–Crippen LogP) is 4.44. The van der Waals surface area contributed by atoms with Gasteiger partial charge in [-0.1, -0.05) is 69.3 Å². The smallest absolute Gasteiger partial charge is 0.303 e. The van der Waals surface area contributed by atoms with Crippen molar-refractivity contribution in [1.82, 2.24) is 20.5 Å². The molecule has 0 spiro atoms. The van der Waals surface area contributed by atoms with Crippen LogP contribution in [0.5, 0.6) is 0 Å². The van der Waals surface area contributed by atoms with Crippen molar-refractivity contribution in [3.05, 3.63) is 76.4 Å². The van der Waals surface area contributed by atoms with Crippen molar-refractivity contribution < 1.29 is 29.4 Å². The van der Waals surface area contributed by atoms with E-state index in [-0.39, 0.29) is 43.7 Å². The highest BCUT2D eigenvalue weighted by atomic mass is 32.1. The number of aromatic nitrogens is 1. The number of hydrogen-bond donors (Lipinski definition) is 4. The summed E-state index contributed by atoms with van der Waals surface area (Å²) in [5.74, 6) is -1.94. The van der Waals surface area contributed by atoms with Crippen molar-refractivity contribution in [2.45, 2.75) is 91.0 Å². The van der Waals surface area contributed by atoms with E-state index in [1.165, 1.54) is 4.90 Å². The van der Waals surface area contributed by atoms with Crippen LogP contribution in [0.15, 0.2) is 54.0 Å². The lowest BCUT2D eigenvalue weighted by atomic mass is 9.85. The summed E-state index contributed by atoms with van der Waals surface area (Å²) < 4.78 is 0. The molecule has 3 aromatic rings. The molecule has 1 saturated heterocycles. The third kappa shape index (κ3) is 9.01. The fraction of sp³-hybridized carbons (Fsp3) is 0.457. The van der Waals surface area contributed by atoms with Crippen molar-refractivity contribution in [3.8, 4) is 10.4 Å². The first-order chi connectivity index (χ1) is 21.7. The Hall–Kier alpha value is -4.09. The second-order valence-electron chi connectivity index (χ2n) is 13.1. The molecule has 1 aliphatic rings. The number of aliphatic hydroxyl groups is 1. The molecule has 10 nitrogen and oxygen atoms in total. The summed E-state index contributed by atoms with van der Waals surface area (Å²) in [5, 5.41) is 25.3. The van der Waals surface area contributed by atoms with Gasteiger partial charge < -0.3 is 25.7 Å². The number of β-amino-alcohol motifs (C(OH)–C–C–N with tert-alkyl or cyclic N) is 1. The van der Waals surface area contributed by atoms with Crippen molar-refractivity contribution >= 4 is 35.0 Å². The van der Waals surface area contributed by atoms with Gasteiger partial charge in [-0.15, -0.1) is 11.3 Å². The van der Waals surface area contributed by atoms with Crippen molar-refractivity contribution in [2.24, 2.45) is 5.41 Å². The molecule has 0 radical (unpaired) electrons. The lowest BCUT2D eigenvalue weighted by Crippen LogP contribution is -2.58. The zero-order chi connectivity index (χ0) is 33.6. The van der Waals surface area contributed by atoms with Crippen LogP contribution in [-0.4, -0.2) is 68.5 Å². The second-order valence-corrected chi connectivity index (χ2v) is 14.0. The molecule has 4 rings (SSSR count). The van der Waals surface area contributed by atoms with Crippen molar-refractivity contribution in [2.75, 3.05) is 6.54 Å². The van der Waals surface area contributed by atoms with Gasteiger partial charge in [-0.25, -0.2) is 4.98 Å². The van der Waals surface area contributed by atoms with E-state index in [2.05, 4.69) is 15.6 Å². The number of likely N-dealkylation sites (tertiary alicyclic amines) is 1. The molecule has 3 amide bonds. The average molecular weight is 649 g/mol. The normalized spacial score (nSPS) is 17.7. The molecule has 46 heavy (non-hydrogen) atoms. The van der Waals surface area contributed by atoms with Gasteiger partial charge in [-0.05, 0) is 54.4 Å². The van der Waals surface area contributed by atoms with Gasteiger partial charge in [0, 0.05) is 19.4 Å². The lowest BCUT2D eigenvalue weighted by molar-refractivity contribution is -0.144. The molecule has 2 aromatic carbocycles. The van der Waals surface area contributed by atoms with Crippen LogP contribution in [0.4, 0.5) is 0 Å². The molecule has 0 bridgehead atoms. The van der Waals surface area contributed by atoms with E-state index in [0.29, 0.717) is 12.8 Å². The minimum absolute atomic E-state index is 0.0000107. The monoisotopic (exact) mass is 648 g/mol. The number of nitrogens with one attached hydrogen (secondary N) is 2. The largest absolute Gasteiger partial charge is 0.481 e. The number of rotatable bonds is 12. The maximum atomic E-state index is 13.9. The summed E-state index contributed by atoms with van der Waals surface area (Å²) in [4.78, 5) is 58.2. The fourth-order valence-electron chi connectivity index (χ4n) is 5.68. The molecular formula is C35H44N4O6S. The summed E-state index contributed by atoms with van der Waals surface area (Å²) in [6, 6.07) is 13.2. The van der Waals surface area contributed by atoms with Crippen LogP contribution in [-0.2, 0) is 32.0 Å². The van der Waals surface area contributed by atoms with Gasteiger partial charge in [0.2, 0.25) is 17.7 Å². The number of amides is 3. The average Bonchev–Trinajstić information content (AvgIpc) is 3.61. The number of nitrogens with zero attached hydrogens (tertiary/aromatic N) is 2. The molecule has 1 fully saturated rings. The van der Waals surface area contributed by atoms with Crippen LogP contribution in [0.2, 0.25) is 0 Å². The van der Waals surface area contributed by atoms with Crippen LogP contribution >= 0.6 is 11.3 Å². The highest BCUT2D eigenvalue weighted by Crippen LogP contribution is 2.29. The van der Waals surface area contributed by atoms with Gasteiger partial charge in [0.25, 0.3) is 0 Å². The van der Waals surface area contributed by atoms with Gasteiger partial charge in [0.1, 0.15) is 12.1 Å². The van der Waals surface area contributed by atoms with Crippen LogP contribution in [0, 0.1) is 12.3 Å². The third-order valence-corrected chi connectivity index (χ3v) is 9.28. The van der Waals surface area contributed by atoms with E-state index in [1.807, 2.05) is 88.7 Å². The van der Waals surface area contributed by atoms with Gasteiger partial charge >= 0.3 is 5.97 Å². The Kier molecular flexibility index (Phi) is 11.3. The number of aliphatic carboxylic acids is 1. The maximum Gasteiger partial charge on any atom is 0.303 e. The van der Waals surface area contributed by atoms with E-state index in [4.69, 9.17) is 5.11 Å². The number of hydrogen-bond acceptors (Lipinski definition) is 7. The number of aryl methyl sites for hydroxylation is 2. The maximum absolute atomic E-state index is 13.9. The minimum Gasteiger partial charge on any atom is -0.481 e. The van der Waals surface area contributed by atoms with Crippen LogP contribution in [0.3, 0.4) is 0 Å². The fourth-order valence-corrected chi connectivity index (χ4v) is 6.49. The zero-order valence-corrected chi connectivity index (χ0v) is 27.9. The van der Waals surface area contributed by atoms with Gasteiger partial charge in [-0.3, -0.25) is 19.2 Å². The highest BCUT2D eigenvalue weighted by Gasteiger charge is 2.44. The number of carboxylic acids is 1. The molecule has 1 aliphatic heterocycles. The number of thiazole rings is 1. The Morgan fingerprint density at radius 3 is 2.26 bits per heavy atom. The first-order valence-electron chi connectivity index (χ1n) is 15.6. The predicted molar refractivity (Wildman–Crippen MR) is 177 cm³/mol. The van der Waals surface area contributed by atoms with E-state index in [0.717, 1.165) is 32.8 Å². The Labute approximate surface area is 274 Å². The Bertz CT molecular complexity index is 1530.